The third-order valence-electron chi connectivity index (χ3n) is 2.69. The van der Waals surface area contributed by atoms with E-state index in [-0.39, 0.29) is 11.6 Å². The number of rotatable bonds is 4. The predicted molar refractivity (Wildman–Crippen MR) is 77.6 cm³/mol. The number of amides is 1. The zero-order valence-electron chi connectivity index (χ0n) is 9.93. The van der Waals surface area contributed by atoms with E-state index in [1.165, 1.54) is 6.07 Å². The number of nitrogens with zero attached hydrogens (tertiary/aromatic N) is 1. The van der Waals surface area contributed by atoms with Gasteiger partial charge in [0, 0.05) is 28.9 Å². The molecule has 0 bridgehead atoms. The van der Waals surface area contributed by atoms with Gasteiger partial charge in [-0.25, -0.2) is 0 Å². The number of hydrogen-bond acceptors (Lipinski definition) is 3. The molecule has 2 rings (SSSR count). The molecule has 0 saturated heterocycles. The SMILES string of the molecule is O=C(CCBr)Nc1ccc([N+](=O)[O-])c2ccccc12. The molecule has 0 aliphatic carbocycles. The van der Waals surface area contributed by atoms with Crippen molar-refractivity contribution >= 4 is 44.0 Å². The molecule has 0 spiro atoms. The second kappa shape index (κ2) is 5.79. The molecule has 0 saturated carbocycles. The number of nitrogens with one attached hydrogen (secondary N) is 1. The number of fused-ring (bicyclic) bond motifs is 1. The van der Waals surface area contributed by atoms with Crippen molar-refractivity contribution in [3.8, 4) is 0 Å². The Morgan fingerprint density at radius 2 is 1.89 bits per heavy atom. The van der Waals surface area contributed by atoms with Gasteiger partial charge in [-0.1, -0.05) is 34.1 Å². The monoisotopic (exact) mass is 322 g/mol. The topological polar surface area (TPSA) is 72.2 Å². The van der Waals surface area contributed by atoms with Gasteiger partial charge in [0.1, 0.15) is 0 Å². The third-order valence-corrected chi connectivity index (χ3v) is 3.09. The van der Waals surface area contributed by atoms with Crippen LogP contribution in [0.3, 0.4) is 0 Å². The fraction of sp³-hybridized carbons (Fsp3) is 0.154. The lowest BCUT2D eigenvalue weighted by atomic mass is 10.1. The van der Waals surface area contributed by atoms with Crippen LogP contribution < -0.4 is 5.32 Å². The minimum atomic E-state index is -0.424. The van der Waals surface area contributed by atoms with E-state index in [2.05, 4.69) is 21.2 Å². The lowest BCUT2D eigenvalue weighted by molar-refractivity contribution is -0.383. The Morgan fingerprint density at radius 3 is 2.53 bits per heavy atom. The second-order valence-corrected chi connectivity index (χ2v) is 4.72. The molecule has 98 valence electrons. The molecule has 1 N–H and O–H groups in total. The summed E-state index contributed by atoms with van der Waals surface area (Å²) in [6.07, 6.45) is 0.352. The van der Waals surface area contributed by atoms with Crippen molar-refractivity contribution in [1.29, 1.82) is 0 Å². The first-order chi connectivity index (χ1) is 9.13. The number of nitro groups is 1. The Kier molecular flexibility index (Phi) is 4.11. The first-order valence-corrected chi connectivity index (χ1v) is 6.77. The highest BCUT2D eigenvalue weighted by atomic mass is 79.9. The molecular weight excluding hydrogens is 312 g/mol. The molecule has 0 radical (unpaired) electrons. The van der Waals surface area contributed by atoms with Crippen LogP contribution in [0.25, 0.3) is 10.8 Å². The molecule has 0 aromatic heterocycles. The van der Waals surface area contributed by atoms with E-state index in [0.717, 1.165) is 0 Å². The van der Waals surface area contributed by atoms with Gasteiger partial charge in [0.25, 0.3) is 5.69 Å². The molecule has 0 aliphatic rings. The first kappa shape index (κ1) is 13.5. The summed E-state index contributed by atoms with van der Waals surface area (Å²) in [5.74, 6) is -0.129. The third kappa shape index (κ3) is 2.90. The van der Waals surface area contributed by atoms with Crippen LogP contribution in [0.1, 0.15) is 6.42 Å². The van der Waals surface area contributed by atoms with E-state index in [0.29, 0.717) is 28.2 Å². The van der Waals surface area contributed by atoms with Gasteiger partial charge in [-0.05, 0) is 12.1 Å². The van der Waals surface area contributed by atoms with Crippen molar-refractivity contribution in [2.45, 2.75) is 6.42 Å². The molecule has 0 unspecified atom stereocenters. The Bertz CT molecular complexity index is 643. The maximum Gasteiger partial charge on any atom is 0.277 e. The van der Waals surface area contributed by atoms with Crippen LogP contribution in [0.15, 0.2) is 36.4 Å². The fourth-order valence-corrected chi connectivity index (χ4v) is 2.21. The van der Waals surface area contributed by atoms with Gasteiger partial charge in [0.05, 0.1) is 10.3 Å². The highest BCUT2D eigenvalue weighted by molar-refractivity contribution is 9.09. The van der Waals surface area contributed by atoms with Crippen molar-refractivity contribution < 1.29 is 9.72 Å². The highest BCUT2D eigenvalue weighted by Crippen LogP contribution is 2.31. The Morgan fingerprint density at radius 1 is 1.21 bits per heavy atom. The summed E-state index contributed by atoms with van der Waals surface area (Å²) >= 11 is 3.19. The Balaban J connectivity index is 2.49. The number of halogens is 1. The van der Waals surface area contributed by atoms with Crippen LogP contribution in [-0.2, 0) is 4.79 Å². The van der Waals surface area contributed by atoms with Crippen LogP contribution in [-0.4, -0.2) is 16.2 Å². The maximum atomic E-state index is 11.6. The number of alkyl halides is 1. The average molecular weight is 323 g/mol. The van der Waals surface area contributed by atoms with Gasteiger partial charge in [0.2, 0.25) is 5.91 Å². The summed E-state index contributed by atoms with van der Waals surface area (Å²) in [6.45, 7) is 0. The van der Waals surface area contributed by atoms with Gasteiger partial charge in [-0.3, -0.25) is 14.9 Å². The molecular formula is C13H11BrN2O3. The molecule has 0 fully saturated rings. The Hall–Kier alpha value is -1.95. The number of benzene rings is 2. The standard InChI is InChI=1S/C13H11BrN2O3/c14-8-7-13(17)15-11-5-6-12(16(18)19)10-4-2-1-3-9(10)11/h1-6H,7-8H2,(H,15,17). The second-order valence-electron chi connectivity index (χ2n) is 3.92. The van der Waals surface area contributed by atoms with Crippen molar-refractivity contribution in [3.63, 3.8) is 0 Å². The normalized spacial score (nSPS) is 10.4. The van der Waals surface area contributed by atoms with Gasteiger partial charge < -0.3 is 5.32 Å². The average Bonchev–Trinajstić information content (AvgIpc) is 2.39. The quantitative estimate of drug-likeness (QED) is 0.532. The zero-order chi connectivity index (χ0) is 13.8. The minimum Gasteiger partial charge on any atom is -0.325 e. The summed E-state index contributed by atoms with van der Waals surface area (Å²) in [7, 11) is 0. The van der Waals surface area contributed by atoms with Gasteiger partial charge >= 0.3 is 0 Å². The van der Waals surface area contributed by atoms with E-state index >= 15 is 0 Å². The highest BCUT2D eigenvalue weighted by Gasteiger charge is 2.14. The van der Waals surface area contributed by atoms with Crippen LogP contribution in [0.4, 0.5) is 11.4 Å². The number of nitro benzene ring substituents is 1. The van der Waals surface area contributed by atoms with Gasteiger partial charge in [-0.15, -0.1) is 0 Å². The smallest absolute Gasteiger partial charge is 0.277 e. The number of carbonyl (C=O) groups is 1. The molecule has 1 amide bonds. The number of carbonyl (C=O) groups excluding carboxylic acids is 1. The van der Waals surface area contributed by atoms with E-state index in [9.17, 15) is 14.9 Å². The molecule has 2 aromatic rings. The van der Waals surface area contributed by atoms with Crippen molar-refractivity contribution in [2.75, 3.05) is 10.6 Å². The van der Waals surface area contributed by atoms with Gasteiger partial charge in [-0.2, -0.15) is 0 Å². The van der Waals surface area contributed by atoms with E-state index in [1.807, 2.05) is 0 Å². The van der Waals surface area contributed by atoms with Crippen molar-refractivity contribution in [2.24, 2.45) is 0 Å². The fourth-order valence-electron chi connectivity index (χ4n) is 1.85. The van der Waals surface area contributed by atoms with Crippen LogP contribution >= 0.6 is 15.9 Å². The molecule has 19 heavy (non-hydrogen) atoms. The first-order valence-electron chi connectivity index (χ1n) is 5.65. The van der Waals surface area contributed by atoms with Crippen LogP contribution in [0, 0.1) is 10.1 Å². The summed E-state index contributed by atoms with van der Waals surface area (Å²) in [5.41, 5.74) is 0.626. The number of non-ortho nitro benzene ring substituents is 1. The molecule has 5 nitrogen and oxygen atoms in total. The molecule has 0 heterocycles. The lowest BCUT2D eigenvalue weighted by Gasteiger charge is -2.08. The van der Waals surface area contributed by atoms with Crippen LogP contribution in [0.2, 0.25) is 0 Å². The summed E-state index contributed by atoms with van der Waals surface area (Å²) in [5, 5.41) is 15.5. The lowest BCUT2D eigenvalue weighted by Crippen LogP contribution is -2.12. The Labute approximate surface area is 117 Å². The molecule has 0 aliphatic heterocycles. The maximum absolute atomic E-state index is 11.6. The summed E-state index contributed by atoms with van der Waals surface area (Å²) in [6, 6.07) is 9.92. The zero-order valence-corrected chi connectivity index (χ0v) is 11.5. The summed E-state index contributed by atoms with van der Waals surface area (Å²) < 4.78 is 0. The number of hydrogen-bond donors (Lipinski definition) is 1. The molecule has 0 atom stereocenters. The van der Waals surface area contributed by atoms with Crippen LogP contribution in [0.5, 0.6) is 0 Å². The van der Waals surface area contributed by atoms with Crippen molar-refractivity contribution in [1.82, 2.24) is 0 Å². The number of anilines is 1. The minimum absolute atomic E-state index is 0.0362. The van der Waals surface area contributed by atoms with Crippen molar-refractivity contribution in [3.05, 3.63) is 46.5 Å². The molecule has 2 aromatic carbocycles. The van der Waals surface area contributed by atoms with E-state index < -0.39 is 4.92 Å². The van der Waals surface area contributed by atoms with E-state index in [1.54, 1.807) is 30.3 Å². The van der Waals surface area contributed by atoms with Gasteiger partial charge in [0.15, 0.2) is 0 Å². The predicted octanol–water partition coefficient (Wildman–Crippen LogP) is 3.47. The molecule has 6 heteroatoms. The van der Waals surface area contributed by atoms with E-state index in [4.69, 9.17) is 0 Å². The largest absolute Gasteiger partial charge is 0.325 e. The summed E-state index contributed by atoms with van der Waals surface area (Å²) in [4.78, 5) is 22.1.